The second-order valence-electron chi connectivity index (χ2n) is 9.20. The van der Waals surface area contributed by atoms with Crippen LogP contribution in [0.1, 0.15) is 37.6 Å². The number of nitrogens with zero attached hydrogens (tertiary/aromatic N) is 4. The van der Waals surface area contributed by atoms with Crippen molar-refractivity contribution in [2.45, 2.75) is 45.3 Å². The Hall–Kier alpha value is -2.56. The lowest BCUT2D eigenvalue weighted by Gasteiger charge is -2.36. The molecule has 0 aliphatic rings. The molecule has 1 amide bonds. The smallest absolute Gasteiger partial charge is 0.307 e. The standard InChI is InChI=1S/C23H36N4O5Si/c1-23(2,3)33(5,6)32-16-15-26(14-11-21(28)31-18-17-30-4)22(29)19-9-7-8-10-20(19)27-24-12-13-25-27/h7-10,12-13H,11,14-18H2,1-6H3. The molecule has 33 heavy (non-hydrogen) atoms. The van der Waals surface area contributed by atoms with E-state index in [4.69, 9.17) is 13.9 Å². The van der Waals surface area contributed by atoms with E-state index in [-0.39, 0.29) is 36.5 Å². The fourth-order valence-corrected chi connectivity index (χ4v) is 3.85. The topological polar surface area (TPSA) is 95.8 Å². The molecule has 10 heteroatoms. The van der Waals surface area contributed by atoms with Crippen LogP contribution in [0.15, 0.2) is 36.7 Å². The van der Waals surface area contributed by atoms with Gasteiger partial charge in [-0.05, 0) is 30.3 Å². The van der Waals surface area contributed by atoms with Crippen molar-refractivity contribution >= 4 is 20.2 Å². The number of carbonyl (C=O) groups excluding carboxylic acids is 2. The van der Waals surface area contributed by atoms with Gasteiger partial charge in [-0.25, -0.2) is 0 Å². The Bertz CT molecular complexity index is 897. The SMILES string of the molecule is COCCOC(=O)CCN(CCO[Si](C)(C)C(C)(C)C)C(=O)c1ccccc1-n1nccn1. The van der Waals surface area contributed by atoms with Crippen LogP contribution >= 0.6 is 0 Å². The molecule has 1 aromatic carbocycles. The summed E-state index contributed by atoms with van der Waals surface area (Å²) in [7, 11) is -0.430. The van der Waals surface area contributed by atoms with Crippen LogP contribution in [0, 0.1) is 0 Å². The van der Waals surface area contributed by atoms with E-state index >= 15 is 0 Å². The van der Waals surface area contributed by atoms with Gasteiger partial charge in [0.25, 0.3) is 5.91 Å². The number of amides is 1. The maximum atomic E-state index is 13.5. The van der Waals surface area contributed by atoms with Crippen LogP contribution in [0.3, 0.4) is 0 Å². The van der Waals surface area contributed by atoms with Crippen LogP contribution in [0.25, 0.3) is 5.69 Å². The second kappa shape index (κ2) is 12.1. The van der Waals surface area contributed by atoms with Gasteiger partial charge in [0.15, 0.2) is 8.32 Å². The highest BCUT2D eigenvalue weighted by Gasteiger charge is 2.37. The van der Waals surface area contributed by atoms with Gasteiger partial charge in [-0.3, -0.25) is 9.59 Å². The molecule has 0 unspecified atom stereocenters. The molecule has 1 aromatic heterocycles. The van der Waals surface area contributed by atoms with Gasteiger partial charge in [0.1, 0.15) is 6.61 Å². The number of benzene rings is 1. The summed E-state index contributed by atoms with van der Waals surface area (Å²) >= 11 is 0. The highest BCUT2D eigenvalue weighted by Crippen LogP contribution is 2.36. The first kappa shape index (κ1) is 26.7. The molecule has 0 fully saturated rings. The maximum absolute atomic E-state index is 13.5. The normalized spacial score (nSPS) is 11.9. The molecular weight excluding hydrogens is 440 g/mol. The zero-order valence-corrected chi connectivity index (χ0v) is 21.5. The number of hydrogen-bond acceptors (Lipinski definition) is 7. The number of methoxy groups -OCH3 is 1. The molecule has 0 radical (unpaired) electrons. The minimum absolute atomic E-state index is 0.0609. The third-order valence-electron chi connectivity index (χ3n) is 5.82. The van der Waals surface area contributed by atoms with Gasteiger partial charge in [-0.2, -0.15) is 15.0 Å². The van der Waals surface area contributed by atoms with Gasteiger partial charge >= 0.3 is 5.97 Å². The van der Waals surface area contributed by atoms with Gasteiger partial charge in [0, 0.05) is 20.2 Å². The van der Waals surface area contributed by atoms with Crippen LogP contribution in [0.2, 0.25) is 18.1 Å². The Morgan fingerprint density at radius 3 is 2.33 bits per heavy atom. The first-order valence-corrected chi connectivity index (χ1v) is 14.0. The average molecular weight is 477 g/mol. The summed E-state index contributed by atoms with van der Waals surface area (Å²) in [5, 5.41) is 8.37. The van der Waals surface area contributed by atoms with Gasteiger partial charge in [0.05, 0.1) is 43.3 Å². The Morgan fingerprint density at radius 2 is 1.70 bits per heavy atom. The molecule has 0 saturated carbocycles. The molecular formula is C23H36N4O5Si. The number of rotatable bonds is 12. The van der Waals surface area contributed by atoms with Crippen molar-refractivity contribution in [1.82, 2.24) is 19.9 Å². The van der Waals surface area contributed by atoms with E-state index in [1.807, 2.05) is 6.07 Å². The Morgan fingerprint density at radius 1 is 1.03 bits per heavy atom. The predicted octanol–water partition coefficient (Wildman–Crippen LogP) is 3.31. The van der Waals surface area contributed by atoms with Gasteiger partial charge in [0.2, 0.25) is 0 Å². The molecule has 0 aliphatic carbocycles. The predicted molar refractivity (Wildman–Crippen MR) is 128 cm³/mol. The number of hydrogen-bond donors (Lipinski definition) is 0. The van der Waals surface area contributed by atoms with E-state index in [0.29, 0.717) is 31.0 Å². The third-order valence-corrected chi connectivity index (χ3v) is 10.4. The van der Waals surface area contributed by atoms with Crippen molar-refractivity contribution in [2.24, 2.45) is 0 Å². The lowest BCUT2D eigenvalue weighted by atomic mass is 10.1. The van der Waals surface area contributed by atoms with Crippen LogP contribution in [-0.2, 0) is 18.7 Å². The third kappa shape index (κ3) is 7.76. The van der Waals surface area contributed by atoms with Gasteiger partial charge in [-0.15, -0.1) is 0 Å². The molecule has 1 heterocycles. The van der Waals surface area contributed by atoms with Crippen molar-refractivity contribution in [1.29, 1.82) is 0 Å². The fraction of sp³-hybridized carbons (Fsp3) is 0.565. The van der Waals surface area contributed by atoms with E-state index in [0.717, 1.165) is 0 Å². The molecule has 9 nitrogen and oxygen atoms in total. The molecule has 182 valence electrons. The lowest BCUT2D eigenvalue weighted by molar-refractivity contribution is -0.145. The van der Waals surface area contributed by atoms with E-state index in [1.54, 1.807) is 42.6 Å². The molecule has 0 saturated heterocycles. The summed E-state index contributed by atoms with van der Waals surface area (Å²) in [5.41, 5.74) is 1.03. The highest BCUT2D eigenvalue weighted by atomic mass is 28.4. The Kier molecular flexibility index (Phi) is 9.75. The second-order valence-corrected chi connectivity index (χ2v) is 14.0. The van der Waals surface area contributed by atoms with Crippen LogP contribution in [0.5, 0.6) is 0 Å². The molecule has 2 aromatic rings. The zero-order valence-electron chi connectivity index (χ0n) is 20.5. The van der Waals surface area contributed by atoms with E-state index in [2.05, 4.69) is 44.1 Å². The molecule has 0 atom stereocenters. The quantitative estimate of drug-likeness (QED) is 0.263. The molecule has 0 spiro atoms. The minimum Gasteiger partial charge on any atom is -0.463 e. The van der Waals surface area contributed by atoms with Gasteiger partial charge < -0.3 is 18.8 Å². The van der Waals surface area contributed by atoms with Crippen molar-refractivity contribution in [3.63, 3.8) is 0 Å². The van der Waals surface area contributed by atoms with Crippen molar-refractivity contribution < 1.29 is 23.5 Å². The summed E-state index contributed by atoms with van der Waals surface area (Å²) in [6.45, 7) is 12.3. The average Bonchev–Trinajstić information content (AvgIpc) is 3.30. The molecule has 0 N–H and O–H groups in total. The van der Waals surface area contributed by atoms with E-state index in [1.165, 1.54) is 4.80 Å². The van der Waals surface area contributed by atoms with Crippen molar-refractivity contribution in [3.8, 4) is 5.69 Å². The molecule has 2 rings (SSSR count). The summed E-state index contributed by atoms with van der Waals surface area (Å²) in [6, 6.07) is 7.15. The van der Waals surface area contributed by atoms with E-state index < -0.39 is 8.32 Å². The zero-order chi connectivity index (χ0) is 24.5. The Balaban J connectivity index is 2.16. The van der Waals surface area contributed by atoms with Gasteiger partial charge in [-0.1, -0.05) is 32.9 Å². The highest BCUT2D eigenvalue weighted by molar-refractivity contribution is 6.74. The number of aromatic nitrogens is 3. The molecule has 0 aliphatic heterocycles. The Labute approximate surface area is 197 Å². The summed E-state index contributed by atoms with van der Waals surface area (Å²) in [6.07, 6.45) is 3.20. The lowest BCUT2D eigenvalue weighted by Crippen LogP contribution is -2.44. The number of carbonyl (C=O) groups is 2. The summed E-state index contributed by atoms with van der Waals surface area (Å²) < 4.78 is 16.3. The molecule has 0 bridgehead atoms. The van der Waals surface area contributed by atoms with Crippen molar-refractivity contribution in [3.05, 3.63) is 42.2 Å². The fourth-order valence-electron chi connectivity index (χ4n) is 2.82. The first-order chi connectivity index (χ1) is 15.6. The maximum Gasteiger partial charge on any atom is 0.307 e. The van der Waals surface area contributed by atoms with Crippen LogP contribution < -0.4 is 0 Å². The number of esters is 1. The summed E-state index contributed by atoms with van der Waals surface area (Å²) in [5.74, 6) is -0.594. The van der Waals surface area contributed by atoms with Crippen LogP contribution in [0.4, 0.5) is 0 Å². The number of ether oxygens (including phenoxy) is 2. The van der Waals surface area contributed by atoms with E-state index in [9.17, 15) is 9.59 Å². The van der Waals surface area contributed by atoms with Crippen LogP contribution in [-0.4, -0.2) is 80.1 Å². The minimum atomic E-state index is -1.97. The van der Waals surface area contributed by atoms with Crippen molar-refractivity contribution in [2.75, 3.05) is 40.0 Å². The monoisotopic (exact) mass is 476 g/mol. The number of para-hydroxylation sites is 1. The summed E-state index contributed by atoms with van der Waals surface area (Å²) in [4.78, 5) is 28.7. The largest absolute Gasteiger partial charge is 0.463 e. The first-order valence-electron chi connectivity index (χ1n) is 11.1.